The summed E-state index contributed by atoms with van der Waals surface area (Å²) in [6, 6.07) is 11.4. The van der Waals surface area contributed by atoms with Gasteiger partial charge < -0.3 is 19.1 Å². The number of likely N-dealkylation sites (tertiary alicyclic amines) is 1. The largest absolute Gasteiger partial charge is 0.494 e. The first kappa shape index (κ1) is 21.0. The van der Waals surface area contributed by atoms with Crippen LogP contribution in [0.2, 0.25) is 5.02 Å². The highest BCUT2D eigenvalue weighted by Gasteiger charge is 2.19. The lowest BCUT2D eigenvalue weighted by Crippen LogP contribution is -2.33. The highest BCUT2D eigenvalue weighted by atomic mass is 35.5. The first-order valence-electron chi connectivity index (χ1n) is 11.1. The number of methoxy groups -OCH3 is 1. The van der Waals surface area contributed by atoms with Gasteiger partial charge in [-0.15, -0.1) is 0 Å². The normalized spacial score (nSPS) is 15.0. The smallest absolute Gasteiger partial charge is 0.206 e. The summed E-state index contributed by atoms with van der Waals surface area (Å²) in [7, 11) is 3.62. The van der Waals surface area contributed by atoms with Crippen molar-refractivity contribution in [2.75, 3.05) is 33.4 Å². The summed E-state index contributed by atoms with van der Waals surface area (Å²) in [6.07, 6.45) is 5.79. The average molecular weight is 454 g/mol. The number of piperidine rings is 1. The molecule has 1 N–H and O–H groups in total. The number of rotatable bonds is 6. The van der Waals surface area contributed by atoms with Crippen LogP contribution in [0.25, 0.3) is 27.5 Å². The molecule has 0 spiro atoms. The fraction of sp³-hybridized carbons (Fsp3) is 0.360. The van der Waals surface area contributed by atoms with Crippen molar-refractivity contribution < 1.29 is 14.6 Å². The van der Waals surface area contributed by atoms with Crippen LogP contribution in [0.4, 0.5) is 0 Å². The van der Waals surface area contributed by atoms with Crippen LogP contribution in [0.1, 0.15) is 19.3 Å². The number of nitrogens with zero attached hydrogens (tertiary/aromatic N) is 3. The molecule has 1 aliphatic heterocycles. The van der Waals surface area contributed by atoms with Crippen molar-refractivity contribution in [2.45, 2.75) is 19.3 Å². The van der Waals surface area contributed by atoms with E-state index in [0.29, 0.717) is 23.1 Å². The molecule has 0 bridgehead atoms. The van der Waals surface area contributed by atoms with Crippen LogP contribution in [-0.2, 0) is 7.05 Å². The highest BCUT2D eigenvalue weighted by Crippen LogP contribution is 2.40. The van der Waals surface area contributed by atoms with Crippen LogP contribution in [0, 0.1) is 0 Å². The monoisotopic (exact) mass is 453 g/mol. The van der Waals surface area contributed by atoms with E-state index < -0.39 is 0 Å². The van der Waals surface area contributed by atoms with Gasteiger partial charge in [-0.1, -0.05) is 24.1 Å². The summed E-state index contributed by atoms with van der Waals surface area (Å²) in [4.78, 5) is 2.45. The van der Waals surface area contributed by atoms with Gasteiger partial charge in [-0.25, -0.2) is 0 Å². The Labute approximate surface area is 192 Å². The molecule has 4 aromatic rings. The Balaban J connectivity index is 1.47. The lowest BCUT2D eigenvalue weighted by molar-refractivity contribution is 0.180. The molecule has 1 fully saturated rings. The van der Waals surface area contributed by atoms with Crippen molar-refractivity contribution in [3.63, 3.8) is 0 Å². The lowest BCUT2D eigenvalue weighted by atomic mass is 10.1. The van der Waals surface area contributed by atoms with Gasteiger partial charge in [0.2, 0.25) is 5.88 Å². The SMILES string of the molecule is COc1ccc(-n2cc3c(c2O)c2ccc(Cl)cc2n3C)cc1OCCN1CCCCC1. The number of halogens is 1. The predicted octanol–water partition coefficient (Wildman–Crippen LogP) is 5.35. The molecule has 6 nitrogen and oxygen atoms in total. The third kappa shape index (κ3) is 3.67. The fourth-order valence-electron chi connectivity index (χ4n) is 4.71. The van der Waals surface area contributed by atoms with Crippen LogP contribution in [0.5, 0.6) is 17.4 Å². The molecule has 168 valence electrons. The van der Waals surface area contributed by atoms with E-state index in [1.165, 1.54) is 19.3 Å². The molecule has 3 heterocycles. The number of hydrogen-bond acceptors (Lipinski definition) is 4. The van der Waals surface area contributed by atoms with Crippen molar-refractivity contribution in [1.29, 1.82) is 0 Å². The van der Waals surface area contributed by atoms with Gasteiger partial charge in [-0.3, -0.25) is 9.47 Å². The Morgan fingerprint density at radius 1 is 1.00 bits per heavy atom. The van der Waals surface area contributed by atoms with E-state index in [2.05, 4.69) is 4.90 Å². The van der Waals surface area contributed by atoms with Crippen LogP contribution in [-0.4, -0.2) is 52.5 Å². The van der Waals surface area contributed by atoms with E-state index in [-0.39, 0.29) is 5.88 Å². The molecule has 0 saturated carbocycles. The summed E-state index contributed by atoms with van der Waals surface area (Å²) >= 11 is 6.18. The van der Waals surface area contributed by atoms with Gasteiger partial charge in [-0.05, 0) is 50.2 Å². The fourth-order valence-corrected chi connectivity index (χ4v) is 4.88. The Bertz CT molecular complexity index is 1270. The van der Waals surface area contributed by atoms with Gasteiger partial charge >= 0.3 is 0 Å². The molecule has 32 heavy (non-hydrogen) atoms. The van der Waals surface area contributed by atoms with Gasteiger partial charge in [-0.2, -0.15) is 0 Å². The van der Waals surface area contributed by atoms with Crippen molar-refractivity contribution in [3.05, 3.63) is 47.6 Å². The number of benzene rings is 2. The van der Waals surface area contributed by atoms with E-state index in [0.717, 1.165) is 47.1 Å². The van der Waals surface area contributed by atoms with Crippen molar-refractivity contribution >= 4 is 33.4 Å². The average Bonchev–Trinajstić information content (AvgIpc) is 3.29. The number of hydrogen-bond donors (Lipinski definition) is 1. The summed E-state index contributed by atoms with van der Waals surface area (Å²) in [5, 5.41) is 13.6. The first-order valence-corrected chi connectivity index (χ1v) is 11.5. The van der Waals surface area contributed by atoms with E-state index in [4.69, 9.17) is 21.1 Å². The Morgan fingerprint density at radius 3 is 2.59 bits per heavy atom. The van der Waals surface area contributed by atoms with Crippen LogP contribution in [0.15, 0.2) is 42.6 Å². The van der Waals surface area contributed by atoms with Crippen LogP contribution in [0.3, 0.4) is 0 Å². The second-order valence-electron chi connectivity index (χ2n) is 8.39. The zero-order valence-electron chi connectivity index (χ0n) is 18.5. The molecule has 7 heteroatoms. The maximum absolute atomic E-state index is 11.1. The minimum atomic E-state index is 0.192. The standard InChI is InChI=1S/C25H28ClN3O3/c1-27-20-14-17(26)6-8-19(20)24-21(27)16-29(25(24)30)18-7-9-22(31-2)23(15-18)32-13-12-28-10-4-3-5-11-28/h6-9,14-16,30H,3-5,10-13H2,1-2H3. The molecule has 0 radical (unpaired) electrons. The van der Waals surface area contributed by atoms with E-state index in [9.17, 15) is 5.11 Å². The second-order valence-corrected chi connectivity index (χ2v) is 8.83. The van der Waals surface area contributed by atoms with Crippen molar-refractivity contribution in [2.24, 2.45) is 7.05 Å². The Kier molecular flexibility index (Phi) is 5.66. The number of aromatic nitrogens is 2. The topological polar surface area (TPSA) is 51.8 Å². The zero-order chi connectivity index (χ0) is 22.2. The van der Waals surface area contributed by atoms with Gasteiger partial charge in [0.15, 0.2) is 11.5 Å². The molecule has 1 aliphatic rings. The summed E-state index contributed by atoms with van der Waals surface area (Å²) in [5.41, 5.74) is 2.74. The maximum Gasteiger partial charge on any atom is 0.206 e. The number of fused-ring (bicyclic) bond motifs is 3. The maximum atomic E-state index is 11.1. The lowest BCUT2D eigenvalue weighted by Gasteiger charge is -2.26. The predicted molar refractivity (Wildman–Crippen MR) is 129 cm³/mol. The van der Waals surface area contributed by atoms with Crippen LogP contribution < -0.4 is 9.47 Å². The molecule has 5 rings (SSSR count). The molecular formula is C25H28ClN3O3. The van der Waals surface area contributed by atoms with Gasteiger partial charge in [0.25, 0.3) is 0 Å². The molecule has 2 aromatic heterocycles. The first-order chi connectivity index (χ1) is 15.6. The van der Waals surface area contributed by atoms with Crippen LogP contribution >= 0.6 is 11.6 Å². The number of aromatic hydroxyl groups is 1. The molecule has 0 unspecified atom stereocenters. The van der Waals surface area contributed by atoms with Crippen molar-refractivity contribution in [1.82, 2.24) is 14.0 Å². The van der Waals surface area contributed by atoms with E-state index >= 15 is 0 Å². The minimum Gasteiger partial charge on any atom is -0.494 e. The summed E-state index contributed by atoms with van der Waals surface area (Å²) in [5.74, 6) is 1.55. The molecular weight excluding hydrogens is 426 g/mol. The third-order valence-corrected chi connectivity index (χ3v) is 6.69. The third-order valence-electron chi connectivity index (χ3n) is 6.45. The van der Waals surface area contributed by atoms with Gasteiger partial charge in [0, 0.05) is 36.3 Å². The number of ether oxygens (including phenoxy) is 2. The quantitative estimate of drug-likeness (QED) is 0.427. The van der Waals surface area contributed by atoms with E-state index in [1.807, 2.05) is 54.2 Å². The molecule has 2 aromatic carbocycles. The summed E-state index contributed by atoms with van der Waals surface area (Å²) in [6.45, 7) is 3.79. The second kappa shape index (κ2) is 8.60. The summed E-state index contributed by atoms with van der Waals surface area (Å²) < 4.78 is 15.5. The molecule has 0 aliphatic carbocycles. The van der Waals surface area contributed by atoms with Gasteiger partial charge in [0.1, 0.15) is 6.61 Å². The molecule has 0 atom stereocenters. The van der Waals surface area contributed by atoms with E-state index in [1.54, 1.807) is 11.7 Å². The zero-order valence-corrected chi connectivity index (χ0v) is 19.2. The number of aryl methyl sites for hydroxylation is 1. The van der Waals surface area contributed by atoms with Crippen molar-refractivity contribution in [3.8, 4) is 23.1 Å². The minimum absolute atomic E-state index is 0.192. The highest BCUT2D eigenvalue weighted by molar-refractivity contribution is 6.31. The molecule has 1 saturated heterocycles. The Hall–Kier alpha value is -2.83. The molecule has 0 amide bonds. The Morgan fingerprint density at radius 2 is 1.81 bits per heavy atom. The van der Waals surface area contributed by atoms with Gasteiger partial charge in [0.05, 0.1) is 29.2 Å².